The van der Waals surface area contributed by atoms with Crippen molar-refractivity contribution in [3.63, 3.8) is 0 Å². The Hall–Kier alpha value is -0.0800. The summed E-state index contributed by atoms with van der Waals surface area (Å²) < 4.78 is 43.1. The van der Waals surface area contributed by atoms with Crippen molar-refractivity contribution in [2.45, 2.75) is 12.5 Å². The Morgan fingerprint density at radius 1 is 1.75 bits per heavy atom. The zero-order valence-corrected chi connectivity index (χ0v) is 4.65. The van der Waals surface area contributed by atoms with Crippen LogP contribution in [0.3, 0.4) is 0 Å². The highest BCUT2D eigenvalue weighted by Crippen LogP contribution is 2.01. The van der Waals surface area contributed by atoms with Gasteiger partial charge >= 0.3 is 0 Å². The molecular formula is C6H14N2. The van der Waals surface area contributed by atoms with Crippen LogP contribution in [0.5, 0.6) is 0 Å². The first kappa shape index (κ1) is 1.96. The first-order valence-corrected chi connectivity index (χ1v) is 2.73. The zero-order valence-electron chi connectivity index (χ0n) is 10.6. The van der Waals surface area contributed by atoms with Crippen LogP contribution in [0.1, 0.15) is 14.6 Å². The molecule has 1 aliphatic rings. The lowest BCUT2D eigenvalue weighted by Crippen LogP contribution is -2.29. The third kappa shape index (κ3) is 1.20. The lowest BCUT2D eigenvalue weighted by atomic mass is 10.2. The first-order chi connectivity index (χ1) is 6.23. The molecule has 2 heteroatoms. The van der Waals surface area contributed by atoms with E-state index in [0.717, 1.165) is 0 Å². The van der Waals surface area contributed by atoms with Gasteiger partial charge in [-0.25, -0.2) is 0 Å². The van der Waals surface area contributed by atoms with E-state index in [2.05, 4.69) is 5.32 Å². The molecule has 0 spiro atoms. The van der Waals surface area contributed by atoms with E-state index in [1.807, 2.05) is 0 Å². The third-order valence-corrected chi connectivity index (χ3v) is 1.40. The molecular weight excluding hydrogens is 100 g/mol. The minimum atomic E-state index is -2.55. The van der Waals surface area contributed by atoms with Crippen molar-refractivity contribution < 1.29 is 8.22 Å². The van der Waals surface area contributed by atoms with Crippen molar-refractivity contribution in [2.24, 2.45) is 0 Å². The predicted octanol–water partition coefficient (Wildman–Crippen LogP) is -0.0901. The molecule has 1 heterocycles. The smallest absolute Gasteiger partial charge is 0.0394 e. The largest absolute Gasteiger partial charge is 0.315 e. The summed E-state index contributed by atoms with van der Waals surface area (Å²) in [6.45, 7) is -4.01. The summed E-state index contributed by atoms with van der Waals surface area (Å²) in [7, 11) is 0. The van der Waals surface area contributed by atoms with E-state index in [1.54, 1.807) is 0 Å². The summed E-state index contributed by atoms with van der Waals surface area (Å²) in [4.78, 5) is 0.653. The van der Waals surface area contributed by atoms with E-state index >= 15 is 0 Å². The van der Waals surface area contributed by atoms with E-state index < -0.39 is 20.0 Å². The van der Waals surface area contributed by atoms with Crippen molar-refractivity contribution in [3.05, 3.63) is 0 Å². The van der Waals surface area contributed by atoms with Crippen molar-refractivity contribution in [2.75, 3.05) is 27.0 Å². The molecule has 1 fully saturated rings. The van der Waals surface area contributed by atoms with Crippen LogP contribution in [0.15, 0.2) is 0 Å². The fraction of sp³-hybridized carbons (Fsp3) is 1.00. The van der Waals surface area contributed by atoms with Crippen LogP contribution in [-0.2, 0) is 0 Å². The number of nitrogens with one attached hydrogen (secondary N) is 1. The zero-order chi connectivity index (χ0) is 11.0. The molecule has 0 aromatic heterocycles. The Bertz CT molecular complexity index is 177. The average molecular weight is 120 g/mol. The van der Waals surface area contributed by atoms with Gasteiger partial charge in [0.25, 0.3) is 0 Å². The number of rotatable bonds is 1. The topological polar surface area (TPSA) is 15.3 Å². The Morgan fingerprint density at radius 2 is 2.62 bits per heavy atom. The highest BCUT2D eigenvalue weighted by Gasteiger charge is 2.14. The predicted molar refractivity (Wildman–Crippen MR) is 35.0 cm³/mol. The van der Waals surface area contributed by atoms with Gasteiger partial charge in [0.05, 0.1) is 0 Å². The van der Waals surface area contributed by atoms with Gasteiger partial charge in [0.1, 0.15) is 0 Å². The normalized spacial score (nSPS) is 43.9. The number of hydrogen-bond acceptors (Lipinski definition) is 2. The second-order valence-electron chi connectivity index (χ2n) is 2.02. The molecule has 1 N–H and O–H groups in total. The van der Waals surface area contributed by atoms with Crippen LogP contribution in [0.4, 0.5) is 0 Å². The second kappa shape index (κ2) is 2.46. The second-order valence-corrected chi connectivity index (χ2v) is 2.02. The first-order valence-electron chi connectivity index (χ1n) is 5.73. The molecule has 8 heavy (non-hydrogen) atoms. The van der Waals surface area contributed by atoms with Crippen LogP contribution < -0.4 is 5.32 Å². The van der Waals surface area contributed by atoms with Gasteiger partial charge in [-0.15, -0.1) is 0 Å². The maximum Gasteiger partial charge on any atom is 0.0394 e. The Morgan fingerprint density at radius 3 is 3.12 bits per heavy atom. The van der Waals surface area contributed by atoms with Gasteiger partial charge < -0.3 is 10.2 Å². The van der Waals surface area contributed by atoms with Crippen molar-refractivity contribution in [3.8, 4) is 0 Å². The lowest BCUT2D eigenvalue weighted by Gasteiger charge is -2.16. The minimum Gasteiger partial charge on any atom is -0.315 e. The molecule has 0 radical (unpaired) electrons. The van der Waals surface area contributed by atoms with Crippen LogP contribution in [0.25, 0.3) is 0 Å². The summed E-state index contributed by atoms with van der Waals surface area (Å²) in [5.74, 6) is 0. The third-order valence-electron chi connectivity index (χ3n) is 1.40. The average Bonchev–Trinajstić information content (AvgIpc) is 2.31. The Balaban J connectivity index is 2.82. The highest BCUT2D eigenvalue weighted by molar-refractivity contribution is 4.76. The van der Waals surface area contributed by atoms with Crippen LogP contribution in [-0.4, -0.2) is 38.0 Å². The molecule has 1 aliphatic heterocycles. The van der Waals surface area contributed by atoms with Crippen LogP contribution >= 0.6 is 0 Å². The maximum atomic E-state index is 7.18. The quantitative estimate of drug-likeness (QED) is 0.520. The van der Waals surface area contributed by atoms with Gasteiger partial charge in [0.2, 0.25) is 0 Å². The Labute approximate surface area is 59.3 Å². The van der Waals surface area contributed by atoms with E-state index in [0.29, 0.717) is 24.4 Å². The summed E-state index contributed by atoms with van der Waals surface area (Å²) in [5, 5.41) is 2.96. The Kier molecular flexibility index (Phi) is 0.603. The van der Waals surface area contributed by atoms with Gasteiger partial charge in [0, 0.05) is 20.8 Å². The molecule has 48 valence electrons. The van der Waals surface area contributed by atoms with Gasteiger partial charge in [-0.05, 0) is 26.9 Å². The van der Waals surface area contributed by atoms with E-state index in [9.17, 15) is 0 Å². The fourth-order valence-electron chi connectivity index (χ4n) is 0.860. The molecule has 1 rings (SSSR count). The number of hydrogen-bond donors (Lipinski definition) is 1. The molecule has 1 atom stereocenters. The molecule has 0 saturated carbocycles. The molecule has 1 unspecified atom stereocenters. The number of nitrogens with zero attached hydrogens (tertiary/aromatic N) is 1. The molecule has 2 nitrogen and oxygen atoms in total. The van der Waals surface area contributed by atoms with Gasteiger partial charge in [-0.2, -0.15) is 0 Å². The summed E-state index contributed by atoms with van der Waals surface area (Å²) >= 11 is 0. The van der Waals surface area contributed by atoms with Gasteiger partial charge in [0.15, 0.2) is 0 Å². The monoisotopic (exact) mass is 120 g/mol. The van der Waals surface area contributed by atoms with Crippen LogP contribution in [0.2, 0.25) is 0 Å². The molecule has 0 bridgehead atoms. The number of likely N-dealkylation sites (N-methyl/N-ethyl adjacent to an activating group) is 1. The maximum absolute atomic E-state index is 7.18. The van der Waals surface area contributed by atoms with E-state index in [4.69, 9.17) is 8.22 Å². The van der Waals surface area contributed by atoms with Crippen molar-refractivity contribution in [1.82, 2.24) is 10.2 Å². The summed E-state index contributed by atoms with van der Waals surface area (Å²) in [6.07, 6.45) is 0.566. The van der Waals surface area contributed by atoms with E-state index in [-0.39, 0.29) is 0 Å². The van der Waals surface area contributed by atoms with Gasteiger partial charge in [-0.1, -0.05) is 0 Å². The molecule has 0 amide bonds. The highest BCUT2D eigenvalue weighted by atomic mass is 15.1. The molecule has 0 aromatic rings. The van der Waals surface area contributed by atoms with Crippen LogP contribution in [0, 0.1) is 0 Å². The molecule has 0 aromatic carbocycles. The molecule has 0 aliphatic carbocycles. The van der Waals surface area contributed by atoms with Gasteiger partial charge in [-0.3, -0.25) is 0 Å². The lowest BCUT2D eigenvalue weighted by molar-refractivity contribution is 0.313. The van der Waals surface area contributed by atoms with Crippen molar-refractivity contribution >= 4 is 0 Å². The van der Waals surface area contributed by atoms with E-state index in [1.165, 1.54) is 0 Å². The fourth-order valence-corrected chi connectivity index (χ4v) is 0.860. The van der Waals surface area contributed by atoms with Crippen molar-refractivity contribution in [1.29, 1.82) is 0 Å². The molecule has 1 saturated heterocycles. The standard InChI is InChI=1S/C6H14N2/c1-8(2)6-3-4-7-5-6/h6-7H,3-5H2,1-2H3/i1D3,2D3. The SMILES string of the molecule is [2H]C([2H])([2H])N(C1CCNC1)C([2H])([2H])[2H]. The minimum absolute atomic E-state index is 0.421. The summed E-state index contributed by atoms with van der Waals surface area (Å²) in [5.41, 5.74) is 0. The summed E-state index contributed by atoms with van der Waals surface area (Å²) in [6, 6.07) is -0.421.